The van der Waals surface area contributed by atoms with E-state index < -0.39 is 35.7 Å². The molecule has 2 atom stereocenters. The summed E-state index contributed by atoms with van der Waals surface area (Å²) in [6.45, 7) is 5.35. The van der Waals surface area contributed by atoms with E-state index in [1.165, 1.54) is 16.8 Å². The van der Waals surface area contributed by atoms with E-state index in [-0.39, 0.29) is 19.4 Å². The van der Waals surface area contributed by atoms with E-state index in [9.17, 15) is 14.4 Å². The zero-order valence-corrected chi connectivity index (χ0v) is 25.0. The number of nitrogens with zero attached hydrogens (tertiary/aromatic N) is 2. The number of benzene rings is 3. The van der Waals surface area contributed by atoms with Crippen molar-refractivity contribution in [2.45, 2.75) is 57.9 Å². The van der Waals surface area contributed by atoms with Crippen LogP contribution in [0.2, 0.25) is 0 Å². The van der Waals surface area contributed by atoms with Crippen molar-refractivity contribution < 1.29 is 33.3 Å². The Kier molecular flexibility index (Phi) is 9.40. The molecule has 3 aromatic rings. The minimum Gasteiger partial charge on any atom is -0.493 e. The van der Waals surface area contributed by atoms with Gasteiger partial charge in [0.25, 0.3) is 0 Å². The summed E-state index contributed by atoms with van der Waals surface area (Å²) < 4.78 is 22.9. The lowest BCUT2D eigenvalue weighted by Crippen LogP contribution is -2.55. The van der Waals surface area contributed by atoms with Crippen LogP contribution < -0.4 is 9.47 Å². The van der Waals surface area contributed by atoms with Gasteiger partial charge < -0.3 is 23.8 Å². The molecule has 0 N–H and O–H groups in total. The van der Waals surface area contributed by atoms with E-state index in [4.69, 9.17) is 18.9 Å². The second-order valence-electron chi connectivity index (χ2n) is 11.3. The number of hydrogen-bond donors (Lipinski definition) is 0. The Morgan fingerprint density at radius 1 is 0.976 bits per heavy atom. The van der Waals surface area contributed by atoms with Gasteiger partial charge in [0.1, 0.15) is 30.0 Å². The Hall–Kier alpha value is -4.53. The van der Waals surface area contributed by atoms with Crippen LogP contribution in [0.15, 0.2) is 72.8 Å². The summed E-state index contributed by atoms with van der Waals surface area (Å²) in [6, 6.07) is 20.1. The molecule has 4 bridgehead atoms. The zero-order valence-electron chi connectivity index (χ0n) is 25.0. The van der Waals surface area contributed by atoms with Crippen LogP contribution in [-0.2, 0) is 38.5 Å². The number of rotatable bonds is 5. The third kappa shape index (κ3) is 7.60. The van der Waals surface area contributed by atoms with Crippen molar-refractivity contribution in [1.82, 2.24) is 9.80 Å². The highest BCUT2D eigenvalue weighted by molar-refractivity contribution is 5.90. The molecule has 9 nitrogen and oxygen atoms in total. The first-order valence-corrected chi connectivity index (χ1v) is 13.8. The molecule has 0 radical (unpaired) electrons. The van der Waals surface area contributed by atoms with E-state index in [0.717, 1.165) is 16.7 Å². The molecule has 0 saturated carbocycles. The molecule has 2 aliphatic heterocycles. The first-order chi connectivity index (χ1) is 19.9. The SMILES string of the molecule is COc1ccc2cc1Oc1ccc(cc1)C[C@H](N(C)C(=O)OC(C)(C)C)C(=O)N(C)[C@H](C(=O)OCc1ccccc1)C2. The van der Waals surface area contributed by atoms with Crippen LogP contribution in [0.3, 0.4) is 0 Å². The van der Waals surface area contributed by atoms with Crippen LogP contribution in [0, 0.1) is 0 Å². The van der Waals surface area contributed by atoms with Crippen molar-refractivity contribution in [3.8, 4) is 17.2 Å². The van der Waals surface area contributed by atoms with Crippen molar-refractivity contribution in [2.75, 3.05) is 21.2 Å². The fourth-order valence-corrected chi connectivity index (χ4v) is 4.64. The molecule has 0 aromatic heterocycles. The maximum atomic E-state index is 14.2. The molecule has 0 saturated heterocycles. The van der Waals surface area contributed by atoms with Crippen LogP contribution >= 0.6 is 0 Å². The van der Waals surface area contributed by atoms with Crippen LogP contribution in [0.1, 0.15) is 37.5 Å². The summed E-state index contributed by atoms with van der Waals surface area (Å²) in [6.07, 6.45) is -0.297. The second kappa shape index (κ2) is 13.0. The van der Waals surface area contributed by atoms with Crippen molar-refractivity contribution in [2.24, 2.45) is 0 Å². The molecule has 0 aliphatic carbocycles. The molecule has 5 rings (SSSR count). The highest BCUT2D eigenvalue weighted by atomic mass is 16.6. The summed E-state index contributed by atoms with van der Waals surface area (Å²) in [5, 5.41) is 0. The third-order valence-electron chi connectivity index (χ3n) is 6.98. The van der Waals surface area contributed by atoms with Gasteiger partial charge in [0.05, 0.1) is 7.11 Å². The predicted octanol–water partition coefficient (Wildman–Crippen LogP) is 5.39. The standard InChI is InChI=1S/C33H38N2O7/c1-33(2,3)42-32(38)35(5)26-18-22-12-15-25(16-13-22)41-29-20-24(14-17-28(29)39-6)19-27(34(4)30(26)36)31(37)40-21-23-10-8-7-9-11-23/h7-17,20,26-27H,18-19,21H2,1-6H3/t26-,27-/m0/s1. The fourth-order valence-electron chi connectivity index (χ4n) is 4.64. The summed E-state index contributed by atoms with van der Waals surface area (Å²) in [5.41, 5.74) is 1.60. The van der Waals surface area contributed by atoms with Gasteiger partial charge in [0.15, 0.2) is 11.5 Å². The highest BCUT2D eigenvalue weighted by Crippen LogP contribution is 2.34. The van der Waals surface area contributed by atoms with Crippen LogP contribution in [0.4, 0.5) is 4.79 Å². The minimum atomic E-state index is -0.985. The van der Waals surface area contributed by atoms with Gasteiger partial charge in [0, 0.05) is 26.9 Å². The number of hydrogen-bond acceptors (Lipinski definition) is 7. The first-order valence-electron chi connectivity index (χ1n) is 13.8. The van der Waals surface area contributed by atoms with Gasteiger partial charge in [-0.3, -0.25) is 9.69 Å². The van der Waals surface area contributed by atoms with E-state index in [1.807, 2.05) is 48.5 Å². The van der Waals surface area contributed by atoms with E-state index >= 15 is 0 Å². The van der Waals surface area contributed by atoms with E-state index in [0.29, 0.717) is 17.2 Å². The van der Waals surface area contributed by atoms with Gasteiger partial charge in [0.2, 0.25) is 5.91 Å². The lowest BCUT2D eigenvalue weighted by molar-refractivity contribution is -0.156. The van der Waals surface area contributed by atoms with Crippen molar-refractivity contribution in [3.05, 3.63) is 89.5 Å². The van der Waals surface area contributed by atoms with Gasteiger partial charge in [-0.2, -0.15) is 0 Å². The van der Waals surface area contributed by atoms with Gasteiger partial charge in [-0.1, -0.05) is 48.5 Å². The normalized spacial score (nSPS) is 17.1. The minimum absolute atomic E-state index is 0.0578. The smallest absolute Gasteiger partial charge is 0.410 e. The monoisotopic (exact) mass is 574 g/mol. The third-order valence-corrected chi connectivity index (χ3v) is 6.98. The van der Waals surface area contributed by atoms with Gasteiger partial charge in [-0.05, 0) is 61.7 Å². The van der Waals surface area contributed by atoms with Crippen molar-refractivity contribution in [1.29, 1.82) is 0 Å². The maximum absolute atomic E-state index is 14.2. The highest BCUT2D eigenvalue weighted by Gasteiger charge is 2.37. The number of carbonyl (C=O) groups is 3. The van der Waals surface area contributed by atoms with Crippen molar-refractivity contribution in [3.63, 3.8) is 0 Å². The largest absolute Gasteiger partial charge is 0.493 e. The Morgan fingerprint density at radius 2 is 1.64 bits per heavy atom. The Morgan fingerprint density at radius 3 is 2.29 bits per heavy atom. The lowest BCUT2D eigenvalue weighted by Gasteiger charge is -2.35. The summed E-state index contributed by atoms with van der Waals surface area (Å²) in [7, 11) is 4.65. The number of ether oxygens (including phenoxy) is 4. The van der Waals surface area contributed by atoms with Crippen LogP contribution in [0.5, 0.6) is 17.2 Å². The quantitative estimate of drug-likeness (QED) is 0.377. The van der Waals surface area contributed by atoms with Crippen molar-refractivity contribution >= 4 is 18.0 Å². The molecule has 0 fully saturated rings. The summed E-state index contributed by atoms with van der Waals surface area (Å²) in [5.74, 6) is 0.596. The second-order valence-corrected chi connectivity index (χ2v) is 11.3. The number of esters is 1. The molecule has 42 heavy (non-hydrogen) atoms. The molecular weight excluding hydrogens is 536 g/mol. The first kappa shape index (κ1) is 30.4. The zero-order chi connectivity index (χ0) is 30.4. The number of amides is 2. The molecule has 2 aliphatic rings. The Bertz CT molecular complexity index is 1400. The van der Waals surface area contributed by atoms with Gasteiger partial charge in [-0.25, -0.2) is 9.59 Å². The van der Waals surface area contributed by atoms with E-state index in [1.54, 1.807) is 59.2 Å². The molecule has 0 spiro atoms. The Balaban J connectivity index is 1.74. The van der Waals surface area contributed by atoms with Crippen LogP contribution in [0.25, 0.3) is 0 Å². The van der Waals surface area contributed by atoms with Crippen LogP contribution in [-0.4, -0.2) is 66.7 Å². The number of likely N-dealkylation sites (N-methyl/N-ethyl adjacent to an activating group) is 2. The molecule has 9 heteroatoms. The molecular formula is C33H38N2O7. The average Bonchev–Trinajstić information content (AvgIpc) is 2.96. The maximum Gasteiger partial charge on any atom is 0.410 e. The number of fused-ring (bicyclic) bond motifs is 7. The molecule has 222 valence electrons. The predicted molar refractivity (Wildman–Crippen MR) is 157 cm³/mol. The topological polar surface area (TPSA) is 94.6 Å². The fraction of sp³-hybridized carbons (Fsp3) is 0.364. The van der Waals surface area contributed by atoms with E-state index in [2.05, 4.69) is 0 Å². The number of carbonyl (C=O) groups excluding carboxylic acids is 3. The van der Waals surface area contributed by atoms with Gasteiger partial charge >= 0.3 is 12.1 Å². The van der Waals surface area contributed by atoms with Gasteiger partial charge in [-0.15, -0.1) is 0 Å². The summed E-state index contributed by atoms with van der Waals surface area (Å²) >= 11 is 0. The molecule has 2 amide bonds. The summed E-state index contributed by atoms with van der Waals surface area (Å²) in [4.78, 5) is 43.5. The lowest BCUT2D eigenvalue weighted by atomic mass is 10.00. The number of methoxy groups -OCH3 is 1. The average molecular weight is 575 g/mol. The molecule has 3 aromatic carbocycles. The Labute approximate surface area is 246 Å². The molecule has 2 heterocycles. The molecule has 0 unspecified atom stereocenters.